The van der Waals surface area contributed by atoms with Gasteiger partial charge in [-0.3, -0.25) is 4.98 Å². The largest absolute Gasteiger partial charge is 0.488 e. The molecule has 1 aliphatic rings. The van der Waals surface area contributed by atoms with Crippen molar-refractivity contribution in [2.24, 2.45) is 5.92 Å². The molecule has 0 atom stereocenters. The molecule has 0 aliphatic carbocycles. The van der Waals surface area contributed by atoms with Gasteiger partial charge in [0.15, 0.2) is 0 Å². The van der Waals surface area contributed by atoms with Gasteiger partial charge in [0.2, 0.25) is 0 Å². The Morgan fingerprint density at radius 3 is 2.58 bits per heavy atom. The average molecular weight is 439 g/mol. The van der Waals surface area contributed by atoms with E-state index in [9.17, 15) is 4.79 Å². The van der Waals surface area contributed by atoms with Crippen molar-refractivity contribution in [3.05, 3.63) is 59.8 Å². The van der Waals surface area contributed by atoms with E-state index in [0.29, 0.717) is 30.6 Å². The molecular formula is C25H27ClN2O3. The number of amides is 1. The molecular weight excluding hydrogens is 412 g/mol. The monoisotopic (exact) mass is 438 g/mol. The minimum absolute atomic E-state index is 0.0276. The first-order chi connectivity index (χ1) is 15.0. The lowest BCUT2D eigenvalue weighted by atomic mass is 10.0. The zero-order valence-electron chi connectivity index (χ0n) is 17.9. The highest BCUT2D eigenvalue weighted by Gasteiger charge is 2.25. The molecule has 0 N–H and O–H groups in total. The van der Waals surface area contributed by atoms with Crippen molar-refractivity contribution < 1.29 is 14.3 Å². The molecule has 0 radical (unpaired) electrons. The fourth-order valence-electron chi connectivity index (χ4n) is 3.72. The SMILES string of the molecule is CC(C)COC(=O)N1CCC(Oc2cc(-c3ccc(Cl)cc3)cc3cccnc23)CC1. The number of pyridine rings is 1. The fourth-order valence-corrected chi connectivity index (χ4v) is 3.85. The Morgan fingerprint density at radius 1 is 1.13 bits per heavy atom. The Hall–Kier alpha value is -2.79. The number of likely N-dealkylation sites (tertiary alicyclic amines) is 1. The van der Waals surface area contributed by atoms with Crippen molar-refractivity contribution >= 4 is 28.6 Å². The predicted octanol–water partition coefficient (Wildman–Crippen LogP) is 6.19. The molecule has 1 saturated heterocycles. The molecule has 0 spiro atoms. The molecule has 6 heteroatoms. The standard InChI is InChI=1S/C25H27ClN2O3/c1-17(2)16-30-25(29)28-12-9-22(10-13-28)31-23-15-20(18-5-7-21(26)8-6-18)14-19-4-3-11-27-24(19)23/h3-8,11,14-15,17,22H,9-10,12-13,16H2,1-2H3. The van der Waals surface area contributed by atoms with E-state index >= 15 is 0 Å². The molecule has 162 valence electrons. The third kappa shape index (κ3) is 5.28. The van der Waals surface area contributed by atoms with Crippen molar-refractivity contribution in [2.45, 2.75) is 32.8 Å². The molecule has 5 nitrogen and oxygen atoms in total. The van der Waals surface area contributed by atoms with Gasteiger partial charge in [0.1, 0.15) is 17.4 Å². The van der Waals surface area contributed by atoms with E-state index in [4.69, 9.17) is 21.1 Å². The van der Waals surface area contributed by atoms with E-state index in [-0.39, 0.29) is 12.2 Å². The van der Waals surface area contributed by atoms with Gasteiger partial charge >= 0.3 is 6.09 Å². The smallest absolute Gasteiger partial charge is 0.409 e. The minimum atomic E-state index is -0.232. The minimum Gasteiger partial charge on any atom is -0.488 e. The molecule has 2 heterocycles. The molecule has 1 aromatic heterocycles. The number of carbonyl (C=O) groups is 1. The van der Waals surface area contributed by atoms with Crippen LogP contribution in [0, 0.1) is 5.92 Å². The van der Waals surface area contributed by atoms with Gasteiger partial charge < -0.3 is 14.4 Å². The summed E-state index contributed by atoms with van der Waals surface area (Å²) < 4.78 is 11.8. The number of piperidine rings is 1. The van der Waals surface area contributed by atoms with E-state index < -0.39 is 0 Å². The van der Waals surface area contributed by atoms with Gasteiger partial charge in [0.05, 0.1) is 6.61 Å². The van der Waals surface area contributed by atoms with E-state index in [1.54, 1.807) is 11.1 Å². The van der Waals surface area contributed by atoms with E-state index in [1.165, 1.54) is 0 Å². The second kappa shape index (κ2) is 9.56. The van der Waals surface area contributed by atoms with Gasteiger partial charge in [0.25, 0.3) is 0 Å². The van der Waals surface area contributed by atoms with Crippen LogP contribution in [0.3, 0.4) is 0 Å². The van der Waals surface area contributed by atoms with Crippen LogP contribution in [-0.4, -0.2) is 41.8 Å². The molecule has 2 aromatic carbocycles. The number of aromatic nitrogens is 1. The molecule has 1 amide bonds. The van der Waals surface area contributed by atoms with Gasteiger partial charge in [-0.1, -0.05) is 43.6 Å². The van der Waals surface area contributed by atoms with Crippen LogP contribution < -0.4 is 4.74 Å². The van der Waals surface area contributed by atoms with Crippen molar-refractivity contribution in [3.63, 3.8) is 0 Å². The van der Waals surface area contributed by atoms with Crippen molar-refractivity contribution in [1.82, 2.24) is 9.88 Å². The molecule has 0 saturated carbocycles. The zero-order chi connectivity index (χ0) is 21.8. The van der Waals surface area contributed by atoms with Crippen LogP contribution in [0.15, 0.2) is 54.7 Å². The Bertz CT molecular complexity index is 1040. The lowest BCUT2D eigenvalue weighted by Crippen LogP contribution is -2.42. The van der Waals surface area contributed by atoms with Crippen molar-refractivity contribution in [3.8, 4) is 16.9 Å². The first-order valence-corrected chi connectivity index (χ1v) is 11.1. The molecule has 31 heavy (non-hydrogen) atoms. The molecule has 0 bridgehead atoms. The van der Waals surface area contributed by atoms with Crippen molar-refractivity contribution in [2.75, 3.05) is 19.7 Å². The highest BCUT2D eigenvalue weighted by molar-refractivity contribution is 6.30. The normalized spacial score (nSPS) is 14.8. The quantitative estimate of drug-likeness (QED) is 0.476. The highest BCUT2D eigenvalue weighted by atomic mass is 35.5. The van der Waals surface area contributed by atoms with Crippen LogP contribution >= 0.6 is 11.6 Å². The van der Waals surface area contributed by atoms with Gasteiger partial charge in [-0.2, -0.15) is 0 Å². The van der Waals surface area contributed by atoms with Gasteiger partial charge in [0, 0.05) is 42.5 Å². The highest BCUT2D eigenvalue weighted by Crippen LogP contribution is 2.33. The number of nitrogens with zero attached hydrogens (tertiary/aromatic N) is 2. The number of carbonyl (C=O) groups excluding carboxylic acids is 1. The number of benzene rings is 2. The molecule has 4 rings (SSSR count). The summed E-state index contributed by atoms with van der Waals surface area (Å²) in [6.45, 7) is 5.77. The summed E-state index contributed by atoms with van der Waals surface area (Å²) >= 11 is 6.05. The van der Waals surface area contributed by atoms with Crippen LogP contribution in [0.5, 0.6) is 5.75 Å². The zero-order valence-corrected chi connectivity index (χ0v) is 18.6. The summed E-state index contributed by atoms with van der Waals surface area (Å²) in [6.07, 6.45) is 3.10. The number of rotatable bonds is 5. The summed E-state index contributed by atoms with van der Waals surface area (Å²) in [4.78, 5) is 18.5. The van der Waals surface area contributed by atoms with Gasteiger partial charge in [-0.25, -0.2) is 4.79 Å². The lowest BCUT2D eigenvalue weighted by Gasteiger charge is -2.32. The first kappa shape index (κ1) is 21.4. The van der Waals surface area contributed by atoms with E-state index in [0.717, 1.165) is 40.6 Å². The van der Waals surface area contributed by atoms with Crippen LogP contribution in [0.4, 0.5) is 4.79 Å². The topological polar surface area (TPSA) is 51.7 Å². The fraction of sp³-hybridized carbons (Fsp3) is 0.360. The number of halogens is 1. The number of fused-ring (bicyclic) bond motifs is 1. The summed E-state index contributed by atoms with van der Waals surface area (Å²) in [5, 5.41) is 1.74. The Balaban J connectivity index is 1.49. The van der Waals surface area contributed by atoms with Crippen LogP contribution in [0.2, 0.25) is 5.02 Å². The van der Waals surface area contributed by atoms with Crippen LogP contribution in [-0.2, 0) is 4.74 Å². The number of hydrogen-bond donors (Lipinski definition) is 0. The maximum Gasteiger partial charge on any atom is 0.409 e. The molecule has 1 fully saturated rings. The van der Waals surface area contributed by atoms with Crippen molar-refractivity contribution in [1.29, 1.82) is 0 Å². The summed E-state index contributed by atoms with van der Waals surface area (Å²) in [7, 11) is 0. The number of hydrogen-bond acceptors (Lipinski definition) is 4. The Labute approximate surface area is 187 Å². The van der Waals surface area contributed by atoms with Crippen LogP contribution in [0.1, 0.15) is 26.7 Å². The Morgan fingerprint density at radius 2 is 1.87 bits per heavy atom. The summed E-state index contributed by atoms with van der Waals surface area (Å²) in [5.74, 6) is 1.10. The molecule has 0 unspecified atom stereocenters. The third-order valence-electron chi connectivity index (χ3n) is 5.38. The Kier molecular flexibility index (Phi) is 6.62. The van der Waals surface area contributed by atoms with E-state index in [2.05, 4.69) is 11.1 Å². The third-order valence-corrected chi connectivity index (χ3v) is 5.63. The second-order valence-electron chi connectivity index (χ2n) is 8.33. The molecule has 1 aliphatic heterocycles. The summed E-state index contributed by atoms with van der Waals surface area (Å²) in [5.41, 5.74) is 2.98. The number of ether oxygens (including phenoxy) is 2. The second-order valence-corrected chi connectivity index (χ2v) is 8.77. The van der Waals surface area contributed by atoms with Gasteiger partial charge in [-0.05, 0) is 47.4 Å². The van der Waals surface area contributed by atoms with E-state index in [1.807, 2.05) is 56.3 Å². The average Bonchev–Trinajstić information content (AvgIpc) is 2.78. The van der Waals surface area contributed by atoms with Gasteiger partial charge in [-0.15, -0.1) is 0 Å². The summed E-state index contributed by atoms with van der Waals surface area (Å²) in [6, 6.07) is 15.9. The maximum atomic E-state index is 12.2. The predicted molar refractivity (Wildman–Crippen MR) is 124 cm³/mol. The lowest BCUT2D eigenvalue weighted by molar-refractivity contribution is 0.0622. The molecule has 3 aromatic rings. The maximum absolute atomic E-state index is 12.2. The van der Waals surface area contributed by atoms with Crippen LogP contribution in [0.25, 0.3) is 22.0 Å². The first-order valence-electron chi connectivity index (χ1n) is 10.7.